The molecule has 0 saturated heterocycles. The van der Waals surface area contributed by atoms with E-state index in [1.807, 2.05) is 42.5 Å². The zero-order chi connectivity index (χ0) is 23.1. The van der Waals surface area contributed by atoms with Crippen LogP contribution in [0.2, 0.25) is 0 Å². The minimum Gasteiger partial charge on any atom is -0.166 e. The Labute approximate surface area is 180 Å². The summed E-state index contributed by atoms with van der Waals surface area (Å²) in [7, 11) is 0. The van der Waals surface area contributed by atoms with Crippen molar-refractivity contribution in [3.05, 3.63) is 114 Å². The molecule has 0 bridgehead atoms. The van der Waals surface area contributed by atoms with Gasteiger partial charge >= 0.3 is 12.4 Å². The molecule has 4 aromatic rings. The van der Waals surface area contributed by atoms with Gasteiger partial charge in [-0.3, -0.25) is 0 Å². The van der Waals surface area contributed by atoms with Crippen LogP contribution < -0.4 is 0 Å². The average Bonchev–Trinajstić information content (AvgIpc) is 2.77. The lowest BCUT2D eigenvalue weighted by atomic mass is 9.92. The molecule has 0 unspecified atom stereocenters. The highest BCUT2D eigenvalue weighted by molar-refractivity contribution is 5.97. The van der Waals surface area contributed by atoms with Crippen LogP contribution in [-0.4, -0.2) is 0 Å². The maximum atomic E-state index is 13.2. The third kappa shape index (κ3) is 4.26. The van der Waals surface area contributed by atoms with E-state index in [4.69, 9.17) is 0 Å². The monoisotopic (exact) mass is 442 g/mol. The van der Waals surface area contributed by atoms with Gasteiger partial charge < -0.3 is 0 Å². The molecule has 0 aliphatic rings. The Morgan fingerprint density at radius 1 is 0.594 bits per heavy atom. The van der Waals surface area contributed by atoms with Gasteiger partial charge in [0.1, 0.15) is 0 Å². The van der Waals surface area contributed by atoms with Crippen molar-refractivity contribution in [1.29, 1.82) is 0 Å². The maximum absolute atomic E-state index is 13.2. The minimum absolute atomic E-state index is 0.125. The van der Waals surface area contributed by atoms with E-state index in [1.54, 1.807) is 12.1 Å². The van der Waals surface area contributed by atoms with Gasteiger partial charge in [-0.25, -0.2) is 0 Å². The molecule has 0 aromatic heterocycles. The molecule has 0 spiro atoms. The first-order valence-electron chi connectivity index (χ1n) is 9.61. The third-order valence-corrected chi connectivity index (χ3v) is 5.27. The van der Waals surface area contributed by atoms with Crippen LogP contribution in [0.25, 0.3) is 27.5 Å². The lowest BCUT2D eigenvalue weighted by molar-refractivity contribution is -0.143. The molecule has 0 radical (unpaired) electrons. The summed E-state index contributed by atoms with van der Waals surface area (Å²) < 4.78 is 78.9. The fraction of sp³-hybridized carbons (Fsp3) is 0.0769. The highest BCUT2D eigenvalue weighted by Crippen LogP contribution is 2.39. The Kier molecular flexibility index (Phi) is 5.33. The maximum Gasteiger partial charge on any atom is 0.416 e. The van der Waals surface area contributed by atoms with Crippen LogP contribution in [0.15, 0.2) is 91.5 Å². The quantitative estimate of drug-likeness (QED) is 0.279. The summed E-state index contributed by atoms with van der Waals surface area (Å²) in [6.45, 7) is 4.14. The fourth-order valence-corrected chi connectivity index (χ4v) is 3.63. The molecule has 32 heavy (non-hydrogen) atoms. The predicted octanol–water partition coefficient (Wildman–Crippen LogP) is 8.61. The summed E-state index contributed by atoms with van der Waals surface area (Å²) in [6.07, 6.45) is -9.78. The number of hydrogen-bond acceptors (Lipinski definition) is 0. The van der Waals surface area contributed by atoms with Crippen LogP contribution in [0.1, 0.15) is 22.3 Å². The van der Waals surface area contributed by atoms with Crippen LogP contribution in [0, 0.1) is 0 Å². The first kappa shape index (κ1) is 21.7. The van der Waals surface area contributed by atoms with Crippen molar-refractivity contribution in [1.82, 2.24) is 0 Å². The summed E-state index contributed by atoms with van der Waals surface area (Å²) in [5.74, 6) is 0. The Morgan fingerprint density at radius 2 is 1.16 bits per heavy atom. The summed E-state index contributed by atoms with van der Waals surface area (Å²) in [5, 5.41) is 2.03. The van der Waals surface area contributed by atoms with E-state index in [2.05, 4.69) is 6.58 Å². The number of halogens is 6. The van der Waals surface area contributed by atoms with E-state index in [0.717, 1.165) is 28.5 Å². The molecule has 0 aliphatic carbocycles. The SMILES string of the molecule is C=C(c1ccc(-c2cc(C(F)(F)F)cc(C(F)(F)F)c2)cc1)c1cccc2ccccc12. The van der Waals surface area contributed by atoms with Gasteiger partial charge in [-0.2, -0.15) is 26.3 Å². The standard InChI is InChI=1S/C26H16F6/c1-16(23-8-4-6-19-5-2-3-7-24(19)23)17-9-11-18(12-10-17)20-13-21(25(27,28)29)15-22(14-20)26(30,31)32/h2-15H,1H2. The first-order chi connectivity index (χ1) is 15.0. The van der Waals surface area contributed by atoms with E-state index < -0.39 is 23.5 Å². The van der Waals surface area contributed by atoms with E-state index in [0.29, 0.717) is 11.1 Å². The number of hydrogen-bond donors (Lipinski definition) is 0. The molecule has 4 rings (SSSR count). The van der Waals surface area contributed by atoms with Gasteiger partial charge in [0.15, 0.2) is 0 Å². The fourth-order valence-electron chi connectivity index (χ4n) is 3.63. The van der Waals surface area contributed by atoms with Crippen LogP contribution in [0.5, 0.6) is 0 Å². The molecule has 0 atom stereocenters. The molecule has 4 aromatic carbocycles. The largest absolute Gasteiger partial charge is 0.416 e. The lowest BCUT2D eigenvalue weighted by Crippen LogP contribution is -2.11. The third-order valence-electron chi connectivity index (χ3n) is 5.27. The Balaban J connectivity index is 1.73. The van der Waals surface area contributed by atoms with E-state index >= 15 is 0 Å². The second-order valence-electron chi connectivity index (χ2n) is 7.38. The highest BCUT2D eigenvalue weighted by atomic mass is 19.4. The first-order valence-corrected chi connectivity index (χ1v) is 9.61. The molecule has 0 fully saturated rings. The molecule has 0 amide bonds. The van der Waals surface area contributed by atoms with E-state index in [-0.39, 0.29) is 17.2 Å². The van der Waals surface area contributed by atoms with Crippen molar-refractivity contribution >= 4 is 16.3 Å². The molecule has 0 N–H and O–H groups in total. The topological polar surface area (TPSA) is 0 Å². The van der Waals surface area contributed by atoms with Crippen molar-refractivity contribution in [2.75, 3.05) is 0 Å². The van der Waals surface area contributed by atoms with Crippen molar-refractivity contribution in [3.63, 3.8) is 0 Å². The Morgan fingerprint density at radius 3 is 1.75 bits per heavy atom. The minimum atomic E-state index is -4.89. The highest BCUT2D eigenvalue weighted by Gasteiger charge is 2.37. The lowest BCUT2D eigenvalue weighted by Gasteiger charge is -2.15. The molecule has 162 valence electrons. The normalized spacial score (nSPS) is 12.2. The zero-order valence-corrected chi connectivity index (χ0v) is 16.6. The van der Waals surface area contributed by atoms with Gasteiger partial charge in [0.2, 0.25) is 0 Å². The summed E-state index contributed by atoms with van der Waals surface area (Å²) in [6, 6.07) is 21.4. The Bertz CT molecular complexity index is 1260. The van der Waals surface area contributed by atoms with Gasteiger partial charge in [0.05, 0.1) is 11.1 Å². The van der Waals surface area contributed by atoms with Gasteiger partial charge in [-0.1, -0.05) is 73.3 Å². The van der Waals surface area contributed by atoms with Gasteiger partial charge in [-0.05, 0) is 56.8 Å². The second-order valence-corrected chi connectivity index (χ2v) is 7.38. The van der Waals surface area contributed by atoms with Crippen LogP contribution in [0.4, 0.5) is 26.3 Å². The summed E-state index contributed by atoms with van der Waals surface area (Å²) in [4.78, 5) is 0. The zero-order valence-electron chi connectivity index (χ0n) is 16.6. The van der Waals surface area contributed by atoms with Crippen molar-refractivity contribution in [2.45, 2.75) is 12.4 Å². The number of fused-ring (bicyclic) bond motifs is 1. The molecule has 0 heterocycles. The number of benzene rings is 4. The number of rotatable bonds is 3. The van der Waals surface area contributed by atoms with Gasteiger partial charge in [0, 0.05) is 0 Å². The van der Waals surface area contributed by atoms with Crippen molar-refractivity contribution in [2.24, 2.45) is 0 Å². The molecule has 0 aliphatic heterocycles. The van der Waals surface area contributed by atoms with E-state index in [9.17, 15) is 26.3 Å². The Hall–Kier alpha value is -3.54. The molecular formula is C26H16F6. The van der Waals surface area contributed by atoms with Crippen molar-refractivity contribution < 1.29 is 26.3 Å². The second kappa shape index (κ2) is 7.86. The van der Waals surface area contributed by atoms with E-state index in [1.165, 1.54) is 12.1 Å². The molecule has 0 saturated carbocycles. The van der Waals surface area contributed by atoms with Crippen molar-refractivity contribution in [3.8, 4) is 11.1 Å². The van der Waals surface area contributed by atoms with Gasteiger partial charge in [0.25, 0.3) is 0 Å². The molecule has 6 heteroatoms. The predicted molar refractivity (Wildman–Crippen MR) is 114 cm³/mol. The number of alkyl halides is 6. The smallest absolute Gasteiger partial charge is 0.166 e. The molecule has 0 nitrogen and oxygen atoms in total. The summed E-state index contributed by atoms with van der Waals surface area (Å²) in [5.41, 5.74) is -0.278. The average molecular weight is 442 g/mol. The van der Waals surface area contributed by atoms with Crippen LogP contribution in [0.3, 0.4) is 0 Å². The van der Waals surface area contributed by atoms with Gasteiger partial charge in [-0.15, -0.1) is 0 Å². The summed E-state index contributed by atoms with van der Waals surface area (Å²) >= 11 is 0. The van der Waals surface area contributed by atoms with Crippen LogP contribution in [-0.2, 0) is 12.4 Å². The van der Waals surface area contributed by atoms with Crippen LogP contribution >= 0.6 is 0 Å². The molecular weight excluding hydrogens is 426 g/mol.